The van der Waals surface area contributed by atoms with Crippen LogP contribution in [0.15, 0.2) is 24.4 Å². The Bertz CT molecular complexity index is 571. The van der Waals surface area contributed by atoms with Crippen molar-refractivity contribution >= 4 is 55.8 Å². The number of rotatable bonds is 2. The van der Waals surface area contributed by atoms with Crippen LogP contribution in [0.2, 0.25) is 10.0 Å². The summed E-state index contributed by atoms with van der Waals surface area (Å²) in [7, 11) is 0. The van der Waals surface area contributed by atoms with Gasteiger partial charge in [-0.3, -0.25) is 9.78 Å². The number of nitrogens with zero attached hydrogens (tertiary/aromatic N) is 1. The SMILES string of the molecule is O=C(CBr)c1cnc2cc(Cl)ccc2c1Cl. The minimum atomic E-state index is -0.0886. The minimum absolute atomic E-state index is 0.0886. The molecule has 0 amide bonds. The highest BCUT2D eigenvalue weighted by molar-refractivity contribution is 9.09. The van der Waals surface area contributed by atoms with E-state index >= 15 is 0 Å². The van der Waals surface area contributed by atoms with Crippen LogP contribution in [0.4, 0.5) is 0 Å². The van der Waals surface area contributed by atoms with Crippen molar-refractivity contribution in [3.05, 3.63) is 40.0 Å². The lowest BCUT2D eigenvalue weighted by Crippen LogP contribution is -2.02. The van der Waals surface area contributed by atoms with Gasteiger partial charge in [0.2, 0.25) is 0 Å². The third kappa shape index (κ3) is 2.08. The number of carbonyl (C=O) groups is 1. The zero-order chi connectivity index (χ0) is 11.7. The van der Waals surface area contributed by atoms with Gasteiger partial charge in [-0.2, -0.15) is 0 Å². The van der Waals surface area contributed by atoms with Crippen LogP contribution in [-0.4, -0.2) is 16.1 Å². The molecule has 1 aromatic carbocycles. The summed E-state index contributed by atoms with van der Waals surface area (Å²) in [5, 5.41) is 1.98. The van der Waals surface area contributed by atoms with Crippen LogP contribution in [0, 0.1) is 0 Å². The molecular formula is C11H6BrCl2NO. The third-order valence-electron chi connectivity index (χ3n) is 2.19. The molecule has 0 radical (unpaired) electrons. The molecule has 0 aliphatic rings. The Balaban J connectivity index is 2.70. The fourth-order valence-electron chi connectivity index (χ4n) is 1.40. The average molecular weight is 319 g/mol. The Morgan fingerprint density at radius 2 is 2.12 bits per heavy atom. The highest BCUT2D eigenvalue weighted by Gasteiger charge is 2.12. The Morgan fingerprint density at radius 3 is 2.81 bits per heavy atom. The largest absolute Gasteiger partial charge is 0.293 e. The van der Waals surface area contributed by atoms with Gasteiger partial charge in [0.05, 0.1) is 21.4 Å². The first-order valence-electron chi connectivity index (χ1n) is 4.46. The number of hydrogen-bond acceptors (Lipinski definition) is 2. The second-order valence-corrected chi connectivity index (χ2v) is 4.58. The minimum Gasteiger partial charge on any atom is -0.293 e. The smallest absolute Gasteiger partial charge is 0.176 e. The van der Waals surface area contributed by atoms with Gasteiger partial charge in [-0.15, -0.1) is 0 Å². The number of hydrogen-bond donors (Lipinski definition) is 0. The monoisotopic (exact) mass is 317 g/mol. The quantitative estimate of drug-likeness (QED) is 0.616. The Labute approximate surface area is 111 Å². The van der Waals surface area contributed by atoms with Crippen LogP contribution in [0.1, 0.15) is 10.4 Å². The Hall–Kier alpha value is -0.640. The average Bonchev–Trinajstić information content (AvgIpc) is 2.28. The Morgan fingerprint density at radius 1 is 1.38 bits per heavy atom. The molecule has 0 spiro atoms. The molecule has 82 valence electrons. The number of benzene rings is 1. The summed E-state index contributed by atoms with van der Waals surface area (Å²) in [6.07, 6.45) is 1.48. The van der Waals surface area contributed by atoms with E-state index in [4.69, 9.17) is 23.2 Å². The number of fused-ring (bicyclic) bond motifs is 1. The van der Waals surface area contributed by atoms with E-state index in [9.17, 15) is 4.79 Å². The van der Waals surface area contributed by atoms with Gasteiger partial charge in [-0.05, 0) is 18.2 Å². The third-order valence-corrected chi connectivity index (χ3v) is 3.34. The van der Waals surface area contributed by atoms with Gasteiger partial charge in [0.1, 0.15) is 0 Å². The van der Waals surface area contributed by atoms with E-state index in [0.717, 1.165) is 5.39 Å². The number of carbonyl (C=O) groups excluding carboxylic acids is 1. The summed E-state index contributed by atoms with van der Waals surface area (Å²) in [6, 6.07) is 5.20. The van der Waals surface area contributed by atoms with Crippen LogP contribution < -0.4 is 0 Å². The lowest BCUT2D eigenvalue weighted by Gasteiger charge is -2.05. The van der Waals surface area contributed by atoms with Crippen LogP contribution in [0.5, 0.6) is 0 Å². The van der Waals surface area contributed by atoms with Gasteiger partial charge in [-0.1, -0.05) is 39.1 Å². The second-order valence-electron chi connectivity index (χ2n) is 3.20. The normalized spacial score (nSPS) is 10.7. The molecule has 16 heavy (non-hydrogen) atoms. The maximum atomic E-state index is 11.5. The number of ketones is 1. The van der Waals surface area contributed by atoms with Gasteiger partial charge in [0.15, 0.2) is 5.78 Å². The van der Waals surface area contributed by atoms with Crippen LogP contribution in [0.25, 0.3) is 10.9 Å². The van der Waals surface area contributed by atoms with E-state index in [2.05, 4.69) is 20.9 Å². The maximum absolute atomic E-state index is 11.5. The first-order chi connectivity index (χ1) is 7.63. The van der Waals surface area contributed by atoms with E-state index in [1.807, 2.05) is 0 Å². The highest BCUT2D eigenvalue weighted by atomic mass is 79.9. The first-order valence-corrected chi connectivity index (χ1v) is 6.34. The molecule has 0 saturated heterocycles. The van der Waals surface area contributed by atoms with Crippen molar-refractivity contribution < 1.29 is 4.79 Å². The molecular weight excluding hydrogens is 313 g/mol. The zero-order valence-electron chi connectivity index (χ0n) is 8.01. The van der Waals surface area contributed by atoms with Gasteiger partial charge in [0.25, 0.3) is 0 Å². The van der Waals surface area contributed by atoms with Crippen molar-refractivity contribution in [2.24, 2.45) is 0 Å². The van der Waals surface area contributed by atoms with Crippen LogP contribution in [-0.2, 0) is 0 Å². The summed E-state index contributed by atoms with van der Waals surface area (Å²) in [5.74, 6) is -0.0886. The molecule has 0 saturated carbocycles. The van der Waals surface area contributed by atoms with E-state index in [0.29, 0.717) is 21.1 Å². The second kappa shape index (κ2) is 4.70. The number of alkyl halides is 1. The number of Topliss-reactive ketones (excluding diaryl/α,β-unsaturated/α-hetero) is 1. The van der Waals surface area contributed by atoms with Gasteiger partial charge in [-0.25, -0.2) is 0 Å². The number of halogens is 3. The standard InChI is InChI=1S/C11H6BrCl2NO/c12-4-10(16)8-5-15-9-3-6(13)1-2-7(9)11(8)14/h1-3,5H,4H2. The molecule has 2 aromatic rings. The molecule has 2 nitrogen and oxygen atoms in total. The van der Waals surface area contributed by atoms with Crippen LogP contribution >= 0.6 is 39.1 Å². The van der Waals surface area contributed by atoms with Crippen molar-refractivity contribution in [1.29, 1.82) is 0 Å². The van der Waals surface area contributed by atoms with Crippen LogP contribution in [0.3, 0.4) is 0 Å². The Kier molecular flexibility index (Phi) is 3.47. The molecule has 0 N–H and O–H groups in total. The van der Waals surface area contributed by atoms with Gasteiger partial charge < -0.3 is 0 Å². The van der Waals surface area contributed by atoms with Crippen molar-refractivity contribution in [2.45, 2.75) is 0 Å². The van der Waals surface area contributed by atoms with Crippen molar-refractivity contribution in [1.82, 2.24) is 4.98 Å². The number of pyridine rings is 1. The summed E-state index contributed by atoms with van der Waals surface area (Å²) < 4.78 is 0. The molecule has 1 heterocycles. The topological polar surface area (TPSA) is 30.0 Å². The summed E-state index contributed by atoms with van der Waals surface area (Å²) in [5.41, 5.74) is 1.11. The molecule has 5 heteroatoms. The summed E-state index contributed by atoms with van der Waals surface area (Å²) >= 11 is 15.1. The highest BCUT2D eigenvalue weighted by Crippen LogP contribution is 2.28. The summed E-state index contributed by atoms with van der Waals surface area (Å²) in [6.45, 7) is 0. The molecule has 0 unspecified atom stereocenters. The van der Waals surface area contributed by atoms with Crippen molar-refractivity contribution in [3.8, 4) is 0 Å². The molecule has 0 aliphatic carbocycles. The van der Waals surface area contributed by atoms with E-state index in [1.54, 1.807) is 18.2 Å². The zero-order valence-corrected chi connectivity index (χ0v) is 11.1. The predicted molar refractivity (Wildman–Crippen MR) is 69.9 cm³/mol. The lowest BCUT2D eigenvalue weighted by molar-refractivity contribution is 0.102. The maximum Gasteiger partial charge on any atom is 0.176 e. The van der Waals surface area contributed by atoms with Crippen molar-refractivity contribution in [3.63, 3.8) is 0 Å². The first kappa shape index (κ1) is 11.8. The van der Waals surface area contributed by atoms with E-state index in [1.165, 1.54) is 6.20 Å². The molecule has 0 atom stereocenters. The van der Waals surface area contributed by atoms with Gasteiger partial charge in [0, 0.05) is 16.6 Å². The number of aromatic nitrogens is 1. The van der Waals surface area contributed by atoms with Gasteiger partial charge >= 0.3 is 0 Å². The fraction of sp³-hybridized carbons (Fsp3) is 0.0909. The van der Waals surface area contributed by atoms with E-state index in [-0.39, 0.29) is 11.1 Å². The molecule has 0 fully saturated rings. The molecule has 0 aliphatic heterocycles. The summed E-state index contributed by atoms with van der Waals surface area (Å²) in [4.78, 5) is 15.7. The molecule has 1 aromatic heterocycles. The fourth-order valence-corrected chi connectivity index (χ4v) is 2.18. The van der Waals surface area contributed by atoms with Crippen molar-refractivity contribution in [2.75, 3.05) is 5.33 Å². The van der Waals surface area contributed by atoms with E-state index < -0.39 is 0 Å². The molecule has 2 rings (SSSR count). The predicted octanol–water partition coefficient (Wildman–Crippen LogP) is 4.12. The molecule has 0 bridgehead atoms. The lowest BCUT2D eigenvalue weighted by atomic mass is 10.1.